The minimum Gasteiger partial charge on any atom is -0.376 e. The number of nitrogens with zero attached hydrogens (tertiary/aromatic N) is 1. The second kappa shape index (κ2) is 6.75. The third-order valence-electron chi connectivity index (χ3n) is 4.35. The lowest BCUT2D eigenvalue weighted by Crippen LogP contribution is -2.45. The van der Waals surface area contributed by atoms with Crippen molar-refractivity contribution in [3.63, 3.8) is 0 Å². The summed E-state index contributed by atoms with van der Waals surface area (Å²) in [6.07, 6.45) is 4.28. The van der Waals surface area contributed by atoms with Gasteiger partial charge in [0.2, 0.25) is 0 Å². The first-order chi connectivity index (χ1) is 10.6. The number of ether oxygens (including phenoxy) is 1. The summed E-state index contributed by atoms with van der Waals surface area (Å²) >= 11 is 0. The van der Waals surface area contributed by atoms with Crippen LogP contribution in [0.25, 0.3) is 0 Å². The van der Waals surface area contributed by atoms with Crippen LogP contribution in [0.4, 0.5) is 4.39 Å². The highest BCUT2D eigenvalue weighted by molar-refractivity contribution is 5.94. The molecule has 0 aromatic heterocycles. The van der Waals surface area contributed by atoms with Gasteiger partial charge < -0.3 is 15.4 Å². The van der Waals surface area contributed by atoms with Crippen molar-refractivity contribution in [1.82, 2.24) is 4.90 Å². The number of piperidine rings is 1. The zero-order chi connectivity index (χ0) is 15.5. The summed E-state index contributed by atoms with van der Waals surface area (Å²) in [5.74, 6) is 0.254. The highest BCUT2D eigenvalue weighted by Gasteiger charge is 2.24. The molecule has 1 saturated heterocycles. The van der Waals surface area contributed by atoms with E-state index in [4.69, 9.17) is 10.5 Å². The Morgan fingerprint density at radius 1 is 1.36 bits per heavy atom. The van der Waals surface area contributed by atoms with Crippen LogP contribution in [0.5, 0.6) is 0 Å². The molecule has 3 rings (SSSR count). The minimum absolute atomic E-state index is 0.0412. The van der Waals surface area contributed by atoms with E-state index in [0.29, 0.717) is 30.2 Å². The summed E-state index contributed by atoms with van der Waals surface area (Å²) in [5.41, 5.74) is 6.89. The molecule has 0 radical (unpaired) electrons. The molecular formula is C17H23FN2O2. The molecule has 5 heteroatoms. The van der Waals surface area contributed by atoms with E-state index in [-0.39, 0.29) is 24.4 Å². The molecule has 1 aromatic rings. The fourth-order valence-electron chi connectivity index (χ4n) is 2.82. The Balaban J connectivity index is 1.65. The van der Waals surface area contributed by atoms with Crippen LogP contribution < -0.4 is 5.73 Å². The van der Waals surface area contributed by atoms with Gasteiger partial charge >= 0.3 is 0 Å². The molecule has 1 aromatic carbocycles. The topological polar surface area (TPSA) is 55.6 Å². The van der Waals surface area contributed by atoms with Crippen molar-refractivity contribution in [3.8, 4) is 0 Å². The zero-order valence-corrected chi connectivity index (χ0v) is 12.8. The molecule has 0 unspecified atom stereocenters. The number of halogens is 1. The lowest BCUT2D eigenvalue weighted by atomic mass is 10.0. The molecule has 2 aliphatic rings. The van der Waals surface area contributed by atoms with E-state index >= 15 is 0 Å². The SMILES string of the molecule is N[C@H]1CCCN(C(=O)c2ccc(F)c(COCC3CC3)c2)C1. The van der Waals surface area contributed by atoms with Crippen LogP contribution in [0.2, 0.25) is 0 Å². The summed E-state index contributed by atoms with van der Waals surface area (Å²) in [6, 6.07) is 4.55. The van der Waals surface area contributed by atoms with Crippen LogP contribution in [0.15, 0.2) is 18.2 Å². The maximum absolute atomic E-state index is 13.9. The van der Waals surface area contributed by atoms with Gasteiger partial charge in [0.1, 0.15) is 5.82 Å². The Morgan fingerprint density at radius 2 is 2.18 bits per heavy atom. The molecule has 0 bridgehead atoms. The van der Waals surface area contributed by atoms with Gasteiger partial charge in [0.15, 0.2) is 0 Å². The van der Waals surface area contributed by atoms with Gasteiger partial charge in [-0.2, -0.15) is 0 Å². The number of nitrogens with two attached hydrogens (primary N) is 1. The molecule has 1 aliphatic heterocycles. The van der Waals surface area contributed by atoms with E-state index in [1.54, 1.807) is 17.0 Å². The second-order valence-electron chi connectivity index (χ2n) is 6.42. The second-order valence-corrected chi connectivity index (χ2v) is 6.42. The van der Waals surface area contributed by atoms with Crippen LogP contribution in [-0.4, -0.2) is 36.5 Å². The molecule has 1 aliphatic carbocycles. The maximum Gasteiger partial charge on any atom is 0.253 e. The zero-order valence-electron chi connectivity index (χ0n) is 12.8. The highest BCUT2D eigenvalue weighted by Crippen LogP contribution is 2.29. The molecule has 1 atom stereocenters. The first-order valence-electron chi connectivity index (χ1n) is 8.04. The van der Waals surface area contributed by atoms with E-state index in [2.05, 4.69) is 0 Å². The number of carbonyl (C=O) groups excluding carboxylic acids is 1. The number of rotatable bonds is 5. The van der Waals surface area contributed by atoms with Crippen molar-refractivity contribution >= 4 is 5.91 Å². The standard InChI is InChI=1S/C17H23FN2O2/c18-16-6-5-13(8-14(16)11-22-10-12-3-4-12)17(21)20-7-1-2-15(19)9-20/h5-6,8,12,15H,1-4,7,9-11,19H2/t15-/m0/s1. The lowest BCUT2D eigenvalue weighted by Gasteiger charge is -2.30. The highest BCUT2D eigenvalue weighted by atomic mass is 19.1. The molecule has 2 N–H and O–H groups in total. The van der Waals surface area contributed by atoms with Gasteiger partial charge in [-0.05, 0) is 49.8 Å². The Hall–Kier alpha value is -1.46. The van der Waals surface area contributed by atoms with Gasteiger partial charge in [0.25, 0.3) is 5.91 Å². The molecule has 4 nitrogen and oxygen atoms in total. The van der Waals surface area contributed by atoms with Crippen molar-refractivity contribution in [2.24, 2.45) is 11.7 Å². The van der Waals surface area contributed by atoms with Crippen LogP contribution in [0.3, 0.4) is 0 Å². The summed E-state index contributed by atoms with van der Waals surface area (Å²) in [4.78, 5) is 14.3. The summed E-state index contributed by atoms with van der Waals surface area (Å²) < 4.78 is 19.4. The third-order valence-corrected chi connectivity index (χ3v) is 4.35. The maximum atomic E-state index is 13.9. The molecule has 1 heterocycles. The first-order valence-corrected chi connectivity index (χ1v) is 8.04. The van der Waals surface area contributed by atoms with Gasteiger partial charge in [0, 0.05) is 36.9 Å². The quantitative estimate of drug-likeness (QED) is 0.908. The monoisotopic (exact) mass is 306 g/mol. The molecule has 22 heavy (non-hydrogen) atoms. The normalized spacial score (nSPS) is 21.9. The third kappa shape index (κ3) is 3.84. The molecule has 1 amide bonds. The average Bonchev–Trinajstić information content (AvgIpc) is 3.33. The van der Waals surface area contributed by atoms with Crippen molar-refractivity contribution in [3.05, 3.63) is 35.1 Å². The number of hydrogen-bond acceptors (Lipinski definition) is 3. The Morgan fingerprint density at radius 3 is 2.91 bits per heavy atom. The van der Waals surface area contributed by atoms with E-state index in [1.165, 1.54) is 18.9 Å². The molecule has 1 saturated carbocycles. The molecular weight excluding hydrogens is 283 g/mol. The van der Waals surface area contributed by atoms with Gasteiger partial charge in [0.05, 0.1) is 6.61 Å². The minimum atomic E-state index is -0.317. The number of amides is 1. The van der Waals surface area contributed by atoms with Crippen LogP contribution in [0.1, 0.15) is 41.6 Å². The predicted molar refractivity (Wildman–Crippen MR) is 81.9 cm³/mol. The van der Waals surface area contributed by atoms with Gasteiger partial charge in [-0.3, -0.25) is 4.79 Å². The summed E-state index contributed by atoms with van der Waals surface area (Å²) in [7, 11) is 0. The average molecular weight is 306 g/mol. The number of likely N-dealkylation sites (tertiary alicyclic amines) is 1. The van der Waals surface area contributed by atoms with E-state index in [9.17, 15) is 9.18 Å². The van der Waals surface area contributed by atoms with E-state index in [0.717, 1.165) is 19.4 Å². The number of hydrogen-bond donors (Lipinski definition) is 1. The smallest absolute Gasteiger partial charge is 0.253 e. The van der Waals surface area contributed by atoms with Crippen molar-refractivity contribution in [1.29, 1.82) is 0 Å². The largest absolute Gasteiger partial charge is 0.376 e. The van der Waals surface area contributed by atoms with E-state index in [1.807, 2.05) is 0 Å². The van der Waals surface area contributed by atoms with Crippen LogP contribution in [0, 0.1) is 11.7 Å². The van der Waals surface area contributed by atoms with Gasteiger partial charge in [-0.25, -0.2) is 4.39 Å². The lowest BCUT2D eigenvalue weighted by molar-refractivity contribution is 0.0708. The Bertz CT molecular complexity index is 545. The fourth-order valence-corrected chi connectivity index (χ4v) is 2.82. The van der Waals surface area contributed by atoms with Crippen molar-refractivity contribution < 1.29 is 13.9 Å². The summed E-state index contributed by atoms with van der Waals surface area (Å²) in [6.45, 7) is 2.20. The Labute approximate surface area is 130 Å². The van der Waals surface area contributed by atoms with Crippen molar-refractivity contribution in [2.75, 3.05) is 19.7 Å². The van der Waals surface area contributed by atoms with Crippen LogP contribution in [-0.2, 0) is 11.3 Å². The fraction of sp³-hybridized carbons (Fsp3) is 0.588. The molecule has 0 spiro atoms. The Kier molecular flexibility index (Phi) is 4.74. The van der Waals surface area contributed by atoms with Gasteiger partial charge in [-0.1, -0.05) is 0 Å². The predicted octanol–water partition coefficient (Wildman–Crippen LogP) is 2.32. The number of benzene rings is 1. The van der Waals surface area contributed by atoms with Crippen molar-refractivity contribution in [2.45, 2.75) is 38.3 Å². The van der Waals surface area contributed by atoms with Crippen LogP contribution >= 0.6 is 0 Å². The van der Waals surface area contributed by atoms with Gasteiger partial charge in [-0.15, -0.1) is 0 Å². The number of carbonyl (C=O) groups is 1. The first kappa shape index (κ1) is 15.4. The summed E-state index contributed by atoms with van der Waals surface area (Å²) in [5, 5.41) is 0. The molecule has 120 valence electrons. The van der Waals surface area contributed by atoms with E-state index < -0.39 is 0 Å². The molecule has 2 fully saturated rings.